The van der Waals surface area contributed by atoms with Crippen molar-refractivity contribution in [2.45, 2.75) is 0 Å². The van der Waals surface area contributed by atoms with Crippen molar-refractivity contribution >= 4 is 12.2 Å². The molecule has 2 heteroatoms. The summed E-state index contributed by atoms with van der Waals surface area (Å²) in [5.41, 5.74) is 1.39. The molecule has 1 aromatic carbocycles. The predicted molar refractivity (Wildman–Crippen MR) is 59.6 cm³/mol. The van der Waals surface area contributed by atoms with Crippen LogP contribution in [0.5, 0.6) is 0 Å². The van der Waals surface area contributed by atoms with E-state index in [9.17, 15) is 4.39 Å². The van der Waals surface area contributed by atoms with Gasteiger partial charge in [-0.05, 0) is 30.4 Å². The largest absolute Gasteiger partial charge is 0.257 e. The summed E-state index contributed by atoms with van der Waals surface area (Å²) in [6.45, 7) is 0. The van der Waals surface area contributed by atoms with Crippen LogP contribution in [0.4, 0.5) is 4.39 Å². The van der Waals surface area contributed by atoms with Crippen molar-refractivity contribution in [1.29, 1.82) is 0 Å². The zero-order valence-corrected chi connectivity index (χ0v) is 8.10. The lowest BCUT2D eigenvalue weighted by molar-refractivity contribution is 0.625. The monoisotopic (exact) mass is 199 g/mol. The number of nitrogens with zero attached hydrogens (tertiary/aromatic N) is 1. The number of benzene rings is 1. The van der Waals surface area contributed by atoms with Crippen molar-refractivity contribution in [1.82, 2.24) is 4.98 Å². The lowest BCUT2D eigenvalue weighted by Gasteiger charge is -1.95. The molecule has 1 heterocycles. The Labute approximate surface area is 87.9 Å². The first-order valence-electron chi connectivity index (χ1n) is 4.70. The van der Waals surface area contributed by atoms with Gasteiger partial charge in [-0.2, -0.15) is 0 Å². The van der Waals surface area contributed by atoms with Crippen molar-refractivity contribution in [3.8, 4) is 0 Å². The van der Waals surface area contributed by atoms with Gasteiger partial charge in [-0.1, -0.05) is 24.3 Å². The number of hydrogen-bond donors (Lipinski definition) is 0. The van der Waals surface area contributed by atoms with Gasteiger partial charge in [0.2, 0.25) is 0 Å². The fourth-order valence-corrected chi connectivity index (χ4v) is 1.26. The maximum absolute atomic E-state index is 13.2. The highest BCUT2D eigenvalue weighted by Crippen LogP contribution is 2.10. The highest BCUT2D eigenvalue weighted by Gasteiger charge is 1.94. The Hall–Kier alpha value is -1.96. The van der Waals surface area contributed by atoms with Gasteiger partial charge in [-0.25, -0.2) is 4.39 Å². The minimum Gasteiger partial charge on any atom is -0.257 e. The van der Waals surface area contributed by atoms with Crippen LogP contribution in [0.1, 0.15) is 11.3 Å². The first-order valence-corrected chi connectivity index (χ1v) is 4.70. The number of hydrogen-bond acceptors (Lipinski definition) is 1. The molecule has 74 valence electrons. The standard InChI is InChI=1S/C13H10FN/c14-13-7-2-1-5-11(13)8-9-12-6-3-4-10-15-12/h1-10H/b9-8+. The zero-order valence-electron chi connectivity index (χ0n) is 8.10. The van der Waals surface area contributed by atoms with Gasteiger partial charge >= 0.3 is 0 Å². The highest BCUT2D eigenvalue weighted by atomic mass is 19.1. The molecule has 0 N–H and O–H groups in total. The topological polar surface area (TPSA) is 12.9 Å². The van der Waals surface area contributed by atoms with E-state index in [4.69, 9.17) is 0 Å². The van der Waals surface area contributed by atoms with Crippen LogP contribution >= 0.6 is 0 Å². The van der Waals surface area contributed by atoms with Gasteiger partial charge in [0.05, 0.1) is 5.69 Å². The van der Waals surface area contributed by atoms with Crippen molar-refractivity contribution in [3.05, 3.63) is 65.7 Å². The molecule has 0 unspecified atom stereocenters. The first kappa shape index (κ1) is 9.59. The molecule has 0 amide bonds. The van der Waals surface area contributed by atoms with Crippen LogP contribution in [-0.4, -0.2) is 4.98 Å². The summed E-state index contributed by atoms with van der Waals surface area (Å²) in [5, 5.41) is 0. The maximum atomic E-state index is 13.2. The molecule has 0 aliphatic heterocycles. The number of aromatic nitrogens is 1. The van der Waals surface area contributed by atoms with Crippen LogP contribution in [0.3, 0.4) is 0 Å². The molecule has 0 radical (unpaired) electrons. The molecule has 0 bridgehead atoms. The zero-order chi connectivity index (χ0) is 10.5. The van der Waals surface area contributed by atoms with Gasteiger partial charge in [0.1, 0.15) is 5.82 Å². The smallest absolute Gasteiger partial charge is 0.130 e. The average Bonchev–Trinajstić information content (AvgIpc) is 2.29. The number of halogens is 1. The second-order valence-electron chi connectivity index (χ2n) is 3.11. The second-order valence-corrected chi connectivity index (χ2v) is 3.11. The Morgan fingerprint density at radius 1 is 0.933 bits per heavy atom. The van der Waals surface area contributed by atoms with Crippen LogP contribution in [0, 0.1) is 5.82 Å². The van der Waals surface area contributed by atoms with Crippen LogP contribution in [-0.2, 0) is 0 Å². The van der Waals surface area contributed by atoms with E-state index >= 15 is 0 Å². The van der Waals surface area contributed by atoms with Crippen LogP contribution in [0.25, 0.3) is 12.2 Å². The molecular weight excluding hydrogens is 189 g/mol. The van der Waals surface area contributed by atoms with Crippen LogP contribution < -0.4 is 0 Å². The van der Waals surface area contributed by atoms with E-state index in [2.05, 4.69) is 4.98 Å². The molecule has 2 rings (SSSR count). The molecule has 15 heavy (non-hydrogen) atoms. The summed E-state index contributed by atoms with van der Waals surface area (Å²) < 4.78 is 13.2. The molecule has 1 nitrogen and oxygen atoms in total. The molecular formula is C13H10FN. The predicted octanol–water partition coefficient (Wildman–Crippen LogP) is 3.39. The lowest BCUT2D eigenvalue weighted by atomic mass is 10.2. The number of pyridine rings is 1. The van der Waals surface area contributed by atoms with E-state index in [0.717, 1.165) is 5.69 Å². The van der Waals surface area contributed by atoms with Gasteiger partial charge in [0.15, 0.2) is 0 Å². The second kappa shape index (κ2) is 4.51. The average molecular weight is 199 g/mol. The fraction of sp³-hybridized carbons (Fsp3) is 0. The molecule has 0 saturated heterocycles. The van der Waals surface area contributed by atoms with E-state index in [1.807, 2.05) is 18.2 Å². The molecule has 0 spiro atoms. The molecule has 2 aromatic rings. The Bertz CT molecular complexity index is 463. The van der Waals surface area contributed by atoms with Gasteiger partial charge in [0, 0.05) is 11.8 Å². The van der Waals surface area contributed by atoms with Gasteiger partial charge in [-0.3, -0.25) is 4.98 Å². The summed E-state index contributed by atoms with van der Waals surface area (Å²) in [6, 6.07) is 12.3. The van der Waals surface area contributed by atoms with E-state index in [1.54, 1.807) is 36.5 Å². The van der Waals surface area contributed by atoms with E-state index in [0.29, 0.717) is 5.56 Å². The third kappa shape index (κ3) is 2.50. The summed E-state index contributed by atoms with van der Waals surface area (Å²) >= 11 is 0. The Kier molecular flexibility index (Phi) is 2.88. The fourth-order valence-electron chi connectivity index (χ4n) is 1.26. The Morgan fingerprint density at radius 2 is 1.73 bits per heavy atom. The number of rotatable bonds is 2. The van der Waals surface area contributed by atoms with Crippen molar-refractivity contribution in [3.63, 3.8) is 0 Å². The Balaban J connectivity index is 2.23. The third-order valence-electron chi connectivity index (χ3n) is 2.03. The van der Waals surface area contributed by atoms with E-state index in [1.165, 1.54) is 6.07 Å². The third-order valence-corrected chi connectivity index (χ3v) is 2.03. The Morgan fingerprint density at radius 3 is 2.47 bits per heavy atom. The maximum Gasteiger partial charge on any atom is 0.130 e. The summed E-state index contributed by atoms with van der Waals surface area (Å²) in [4.78, 5) is 4.11. The van der Waals surface area contributed by atoms with Crippen LogP contribution in [0.2, 0.25) is 0 Å². The lowest BCUT2D eigenvalue weighted by Crippen LogP contribution is -1.80. The minimum atomic E-state index is -0.218. The SMILES string of the molecule is Fc1ccccc1/C=C/c1ccccn1. The molecule has 0 fully saturated rings. The molecule has 0 aliphatic rings. The van der Waals surface area contributed by atoms with E-state index < -0.39 is 0 Å². The van der Waals surface area contributed by atoms with Crippen molar-refractivity contribution in [2.24, 2.45) is 0 Å². The van der Waals surface area contributed by atoms with Crippen molar-refractivity contribution < 1.29 is 4.39 Å². The quantitative estimate of drug-likeness (QED) is 0.722. The molecule has 0 atom stereocenters. The summed E-state index contributed by atoms with van der Waals surface area (Å²) in [6.07, 6.45) is 5.22. The molecule has 1 aromatic heterocycles. The minimum absolute atomic E-state index is 0.218. The van der Waals surface area contributed by atoms with Gasteiger partial charge < -0.3 is 0 Å². The van der Waals surface area contributed by atoms with Gasteiger partial charge in [0.25, 0.3) is 0 Å². The van der Waals surface area contributed by atoms with Crippen molar-refractivity contribution in [2.75, 3.05) is 0 Å². The molecule has 0 aliphatic carbocycles. The summed E-state index contributed by atoms with van der Waals surface area (Å²) in [5.74, 6) is -0.218. The highest BCUT2D eigenvalue weighted by molar-refractivity contribution is 5.68. The normalized spacial score (nSPS) is 10.7. The summed E-state index contributed by atoms with van der Waals surface area (Å²) in [7, 11) is 0. The first-order chi connectivity index (χ1) is 7.36. The van der Waals surface area contributed by atoms with Crippen LogP contribution in [0.15, 0.2) is 48.7 Å². The van der Waals surface area contributed by atoms with Gasteiger partial charge in [-0.15, -0.1) is 0 Å². The molecule has 0 saturated carbocycles. The van der Waals surface area contributed by atoms with E-state index in [-0.39, 0.29) is 5.82 Å².